The van der Waals surface area contributed by atoms with Crippen molar-refractivity contribution in [2.45, 2.75) is 5.22 Å². The summed E-state index contributed by atoms with van der Waals surface area (Å²) in [6.45, 7) is 0. The molecule has 5 heteroatoms. The molecule has 2 aromatic rings. The van der Waals surface area contributed by atoms with E-state index in [1.54, 1.807) is 6.08 Å². The van der Waals surface area contributed by atoms with Gasteiger partial charge in [-0.05, 0) is 30.0 Å². The number of hydrogen-bond donors (Lipinski definition) is 0. The Morgan fingerprint density at radius 1 is 1.19 bits per heavy atom. The molecule has 1 aromatic carbocycles. The van der Waals surface area contributed by atoms with E-state index in [1.165, 1.54) is 11.8 Å². The SMILES string of the molecule is CSc1nnc(/C=C/c2ccc(Br)cc2)o1. The van der Waals surface area contributed by atoms with E-state index in [0.29, 0.717) is 11.1 Å². The van der Waals surface area contributed by atoms with Crippen molar-refractivity contribution < 1.29 is 4.42 Å². The molecule has 0 unspecified atom stereocenters. The molecule has 0 saturated carbocycles. The van der Waals surface area contributed by atoms with E-state index >= 15 is 0 Å². The zero-order valence-electron chi connectivity index (χ0n) is 8.55. The number of benzene rings is 1. The van der Waals surface area contributed by atoms with Gasteiger partial charge in [-0.1, -0.05) is 39.8 Å². The molecule has 1 heterocycles. The van der Waals surface area contributed by atoms with Crippen LogP contribution < -0.4 is 0 Å². The van der Waals surface area contributed by atoms with Gasteiger partial charge in [-0.25, -0.2) is 0 Å². The number of nitrogens with zero attached hydrogens (tertiary/aromatic N) is 2. The summed E-state index contributed by atoms with van der Waals surface area (Å²) in [5.74, 6) is 0.521. The Hall–Kier alpha value is -1.07. The van der Waals surface area contributed by atoms with Gasteiger partial charge in [0.1, 0.15) is 0 Å². The summed E-state index contributed by atoms with van der Waals surface area (Å²) in [5, 5.41) is 8.31. The highest BCUT2D eigenvalue weighted by atomic mass is 79.9. The van der Waals surface area contributed by atoms with Gasteiger partial charge in [0.25, 0.3) is 5.22 Å². The molecule has 1 aromatic heterocycles. The fourth-order valence-corrected chi connectivity index (χ4v) is 1.67. The molecule has 0 aliphatic heterocycles. The Bertz CT molecular complexity index is 493. The monoisotopic (exact) mass is 296 g/mol. The second kappa shape index (κ2) is 5.32. The van der Waals surface area contributed by atoms with Crippen molar-refractivity contribution >= 4 is 39.8 Å². The molecule has 0 N–H and O–H groups in total. The van der Waals surface area contributed by atoms with Gasteiger partial charge in [-0.15, -0.1) is 10.2 Å². The molecule has 3 nitrogen and oxygen atoms in total. The van der Waals surface area contributed by atoms with Gasteiger partial charge < -0.3 is 4.42 Å². The average Bonchev–Trinajstić information content (AvgIpc) is 2.76. The Balaban J connectivity index is 2.11. The molecule has 0 saturated heterocycles. The molecule has 0 amide bonds. The van der Waals surface area contributed by atoms with Gasteiger partial charge in [0.05, 0.1) is 0 Å². The second-order valence-corrected chi connectivity index (χ2v) is 4.67. The van der Waals surface area contributed by atoms with Crippen LogP contribution in [0.3, 0.4) is 0 Å². The quantitative estimate of drug-likeness (QED) is 0.809. The van der Waals surface area contributed by atoms with Crippen molar-refractivity contribution in [2.24, 2.45) is 0 Å². The molecule has 2 rings (SSSR count). The van der Waals surface area contributed by atoms with Crippen molar-refractivity contribution in [2.75, 3.05) is 6.26 Å². The lowest BCUT2D eigenvalue weighted by Gasteiger charge is -1.92. The van der Waals surface area contributed by atoms with Crippen LogP contribution in [0.25, 0.3) is 12.2 Å². The summed E-state index contributed by atoms with van der Waals surface area (Å²) in [7, 11) is 0. The molecular weight excluding hydrogens is 288 g/mol. The van der Waals surface area contributed by atoms with Gasteiger partial charge in [-0.2, -0.15) is 0 Å². The van der Waals surface area contributed by atoms with Crippen LogP contribution in [0, 0.1) is 0 Å². The Labute approximate surface area is 106 Å². The van der Waals surface area contributed by atoms with Gasteiger partial charge >= 0.3 is 0 Å². The minimum absolute atomic E-state index is 0.521. The molecule has 0 aliphatic rings. The number of thioether (sulfide) groups is 1. The molecule has 16 heavy (non-hydrogen) atoms. The smallest absolute Gasteiger partial charge is 0.276 e. The van der Waals surface area contributed by atoms with Crippen molar-refractivity contribution in [3.8, 4) is 0 Å². The Morgan fingerprint density at radius 2 is 1.94 bits per heavy atom. The molecule has 0 aliphatic carbocycles. The molecule has 82 valence electrons. The molecule has 0 atom stereocenters. The maximum atomic E-state index is 5.32. The van der Waals surface area contributed by atoms with Crippen molar-refractivity contribution in [1.82, 2.24) is 10.2 Å². The highest BCUT2D eigenvalue weighted by molar-refractivity contribution is 9.10. The summed E-state index contributed by atoms with van der Waals surface area (Å²) in [4.78, 5) is 0. The summed E-state index contributed by atoms with van der Waals surface area (Å²) in [6, 6.07) is 7.99. The van der Waals surface area contributed by atoms with Crippen LogP contribution in [-0.2, 0) is 0 Å². The van der Waals surface area contributed by atoms with Crippen LogP contribution in [0.4, 0.5) is 0 Å². The predicted octanol–water partition coefficient (Wildman–Crippen LogP) is 3.72. The second-order valence-electron chi connectivity index (χ2n) is 3.00. The summed E-state index contributed by atoms with van der Waals surface area (Å²) < 4.78 is 6.39. The van der Waals surface area contributed by atoms with Crippen LogP contribution in [0.2, 0.25) is 0 Å². The first-order valence-corrected chi connectivity index (χ1v) is 6.61. The lowest BCUT2D eigenvalue weighted by atomic mass is 10.2. The molecule has 0 spiro atoms. The molecule has 0 fully saturated rings. The standard InChI is InChI=1S/C11H9BrN2OS/c1-16-11-14-13-10(15-11)7-4-8-2-5-9(12)6-3-8/h2-7H,1H3/b7-4+. The van der Waals surface area contributed by atoms with E-state index in [-0.39, 0.29) is 0 Å². The Morgan fingerprint density at radius 3 is 2.56 bits per heavy atom. The number of halogens is 1. The average molecular weight is 297 g/mol. The topological polar surface area (TPSA) is 38.9 Å². The molecule has 0 radical (unpaired) electrons. The first kappa shape index (κ1) is 11.4. The molecule has 0 bridgehead atoms. The number of rotatable bonds is 3. The predicted molar refractivity (Wildman–Crippen MR) is 69.1 cm³/mol. The highest BCUT2D eigenvalue weighted by Crippen LogP contribution is 2.15. The lowest BCUT2D eigenvalue weighted by Crippen LogP contribution is -1.73. The third-order valence-electron chi connectivity index (χ3n) is 1.89. The van der Waals surface area contributed by atoms with Gasteiger partial charge in [-0.3, -0.25) is 0 Å². The fourth-order valence-electron chi connectivity index (χ4n) is 1.11. The van der Waals surface area contributed by atoms with E-state index in [1.807, 2.05) is 36.6 Å². The van der Waals surface area contributed by atoms with E-state index in [9.17, 15) is 0 Å². The van der Waals surface area contributed by atoms with Crippen LogP contribution in [0.15, 0.2) is 38.4 Å². The third kappa shape index (κ3) is 2.96. The normalized spacial score (nSPS) is 11.1. The van der Waals surface area contributed by atoms with E-state index in [0.717, 1.165) is 10.0 Å². The maximum Gasteiger partial charge on any atom is 0.276 e. The van der Waals surface area contributed by atoms with E-state index < -0.39 is 0 Å². The Kier molecular flexibility index (Phi) is 3.79. The number of hydrogen-bond acceptors (Lipinski definition) is 4. The van der Waals surface area contributed by atoms with Crippen LogP contribution in [0.5, 0.6) is 0 Å². The van der Waals surface area contributed by atoms with Crippen molar-refractivity contribution in [1.29, 1.82) is 0 Å². The van der Waals surface area contributed by atoms with Gasteiger partial charge in [0.15, 0.2) is 0 Å². The van der Waals surface area contributed by atoms with Crippen LogP contribution >= 0.6 is 27.7 Å². The number of aromatic nitrogens is 2. The summed E-state index contributed by atoms with van der Waals surface area (Å²) in [6.07, 6.45) is 5.63. The van der Waals surface area contributed by atoms with Crippen molar-refractivity contribution in [3.63, 3.8) is 0 Å². The summed E-state index contributed by atoms with van der Waals surface area (Å²) >= 11 is 4.82. The van der Waals surface area contributed by atoms with Crippen LogP contribution in [-0.4, -0.2) is 16.5 Å². The molecular formula is C11H9BrN2OS. The van der Waals surface area contributed by atoms with Gasteiger partial charge in [0.2, 0.25) is 5.89 Å². The zero-order chi connectivity index (χ0) is 11.4. The minimum Gasteiger partial charge on any atom is -0.412 e. The summed E-state index contributed by atoms with van der Waals surface area (Å²) in [5.41, 5.74) is 1.09. The van der Waals surface area contributed by atoms with Gasteiger partial charge in [0, 0.05) is 10.5 Å². The first-order chi connectivity index (χ1) is 7.78. The van der Waals surface area contributed by atoms with E-state index in [2.05, 4.69) is 26.1 Å². The third-order valence-corrected chi connectivity index (χ3v) is 2.93. The lowest BCUT2D eigenvalue weighted by molar-refractivity contribution is 0.447. The first-order valence-electron chi connectivity index (χ1n) is 4.59. The zero-order valence-corrected chi connectivity index (χ0v) is 11.0. The van der Waals surface area contributed by atoms with E-state index in [4.69, 9.17) is 4.42 Å². The van der Waals surface area contributed by atoms with Crippen molar-refractivity contribution in [3.05, 3.63) is 40.2 Å². The fraction of sp³-hybridized carbons (Fsp3) is 0.0909. The maximum absolute atomic E-state index is 5.32. The van der Waals surface area contributed by atoms with Crippen LogP contribution in [0.1, 0.15) is 11.5 Å². The highest BCUT2D eigenvalue weighted by Gasteiger charge is 1.99. The largest absolute Gasteiger partial charge is 0.412 e. The minimum atomic E-state index is 0.521.